The SMILES string of the molecule is NNc1snnc1CSc1ccc(Cl)cn1. The lowest BCUT2D eigenvalue weighted by Gasteiger charge is -2.00. The molecular formula is C8H8ClN5S2. The molecule has 0 aliphatic heterocycles. The van der Waals surface area contributed by atoms with E-state index in [1.165, 1.54) is 11.5 Å². The van der Waals surface area contributed by atoms with Crippen molar-refractivity contribution < 1.29 is 0 Å². The van der Waals surface area contributed by atoms with E-state index < -0.39 is 0 Å². The number of nitrogens with zero attached hydrogens (tertiary/aromatic N) is 3. The summed E-state index contributed by atoms with van der Waals surface area (Å²) in [7, 11) is 0. The number of thioether (sulfide) groups is 1. The number of nitrogens with one attached hydrogen (secondary N) is 1. The maximum absolute atomic E-state index is 5.74. The van der Waals surface area contributed by atoms with E-state index in [1.807, 2.05) is 6.07 Å². The van der Waals surface area contributed by atoms with Crippen LogP contribution in [0.2, 0.25) is 5.02 Å². The van der Waals surface area contributed by atoms with Crippen LogP contribution in [0, 0.1) is 0 Å². The normalized spacial score (nSPS) is 10.4. The molecule has 2 heterocycles. The molecule has 0 radical (unpaired) electrons. The van der Waals surface area contributed by atoms with Crippen molar-refractivity contribution >= 4 is 39.9 Å². The molecule has 2 aromatic heterocycles. The second-order valence-electron chi connectivity index (χ2n) is 2.80. The summed E-state index contributed by atoms with van der Waals surface area (Å²) < 4.78 is 3.81. The molecule has 0 bridgehead atoms. The molecule has 0 unspecified atom stereocenters. The highest BCUT2D eigenvalue weighted by molar-refractivity contribution is 7.98. The molecule has 0 saturated heterocycles. The van der Waals surface area contributed by atoms with Crippen molar-refractivity contribution in [1.29, 1.82) is 0 Å². The van der Waals surface area contributed by atoms with E-state index in [9.17, 15) is 0 Å². The molecule has 0 atom stereocenters. The van der Waals surface area contributed by atoms with Crippen molar-refractivity contribution in [3.8, 4) is 0 Å². The van der Waals surface area contributed by atoms with Crippen LogP contribution in [0.1, 0.15) is 5.69 Å². The predicted octanol–water partition coefficient (Wildman–Crippen LogP) is 2.16. The Morgan fingerprint density at radius 3 is 3.06 bits per heavy atom. The molecule has 84 valence electrons. The molecule has 3 N–H and O–H groups in total. The first-order valence-corrected chi connectivity index (χ1v) is 6.45. The summed E-state index contributed by atoms with van der Waals surface area (Å²) in [5, 5.41) is 6.27. The average Bonchev–Trinajstić information content (AvgIpc) is 2.76. The number of hydrogen-bond donors (Lipinski definition) is 2. The van der Waals surface area contributed by atoms with Gasteiger partial charge in [-0.2, -0.15) is 0 Å². The summed E-state index contributed by atoms with van der Waals surface area (Å²) >= 11 is 8.53. The molecule has 16 heavy (non-hydrogen) atoms. The van der Waals surface area contributed by atoms with Crippen molar-refractivity contribution in [3.63, 3.8) is 0 Å². The van der Waals surface area contributed by atoms with Crippen LogP contribution in [-0.4, -0.2) is 14.6 Å². The van der Waals surface area contributed by atoms with E-state index in [4.69, 9.17) is 17.4 Å². The van der Waals surface area contributed by atoms with Gasteiger partial charge in [0, 0.05) is 23.5 Å². The zero-order valence-electron chi connectivity index (χ0n) is 8.05. The van der Waals surface area contributed by atoms with Gasteiger partial charge in [0.05, 0.1) is 10.0 Å². The Morgan fingerprint density at radius 1 is 1.50 bits per heavy atom. The van der Waals surface area contributed by atoms with E-state index in [0.717, 1.165) is 15.7 Å². The molecule has 0 spiro atoms. The molecule has 0 saturated carbocycles. The van der Waals surface area contributed by atoms with Crippen LogP contribution in [0.4, 0.5) is 5.00 Å². The van der Waals surface area contributed by atoms with Gasteiger partial charge in [-0.25, -0.2) is 10.8 Å². The van der Waals surface area contributed by atoms with Crippen LogP contribution in [0.3, 0.4) is 0 Å². The molecule has 2 rings (SSSR count). The second kappa shape index (κ2) is 5.44. The van der Waals surface area contributed by atoms with Gasteiger partial charge in [-0.1, -0.05) is 27.9 Å². The zero-order valence-corrected chi connectivity index (χ0v) is 10.4. The monoisotopic (exact) mass is 273 g/mol. The highest BCUT2D eigenvalue weighted by Gasteiger charge is 2.07. The minimum Gasteiger partial charge on any atom is -0.313 e. The highest BCUT2D eigenvalue weighted by atomic mass is 35.5. The zero-order chi connectivity index (χ0) is 11.4. The summed E-state index contributed by atoms with van der Waals surface area (Å²) in [6, 6.07) is 3.67. The number of anilines is 1. The van der Waals surface area contributed by atoms with Gasteiger partial charge >= 0.3 is 0 Å². The Bertz CT molecular complexity index is 458. The number of aromatic nitrogens is 3. The summed E-state index contributed by atoms with van der Waals surface area (Å²) in [5.41, 5.74) is 3.39. The summed E-state index contributed by atoms with van der Waals surface area (Å²) in [6.07, 6.45) is 1.62. The Labute approximate surface area is 106 Å². The van der Waals surface area contributed by atoms with Crippen LogP contribution in [0.25, 0.3) is 0 Å². The molecule has 0 aliphatic rings. The Balaban J connectivity index is 1.99. The molecule has 0 aliphatic carbocycles. The molecule has 2 aromatic rings. The van der Waals surface area contributed by atoms with Gasteiger partial charge in [-0.15, -0.1) is 5.10 Å². The van der Waals surface area contributed by atoms with Crippen molar-refractivity contribution in [3.05, 3.63) is 29.0 Å². The number of nitrogens with two attached hydrogens (primary N) is 1. The first-order valence-electron chi connectivity index (χ1n) is 4.32. The third kappa shape index (κ3) is 2.82. The smallest absolute Gasteiger partial charge is 0.148 e. The van der Waals surface area contributed by atoms with Gasteiger partial charge in [0.1, 0.15) is 10.7 Å². The largest absolute Gasteiger partial charge is 0.313 e. The van der Waals surface area contributed by atoms with Crippen LogP contribution in [-0.2, 0) is 5.75 Å². The van der Waals surface area contributed by atoms with Crippen molar-refractivity contribution in [2.75, 3.05) is 5.43 Å². The Morgan fingerprint density at radius 2 is 2.38 bits per heavy atom. The first kappa shape index (κ1) is 11.6. The van der Waals surface area contributed by atoms with E-state index in [-0.39, 0.29) is 0 Å². The lowest BCUT2D eigenvalue weighted by Crippen LogP contribution is -2.06. The van der Waals surface area contributed by atoms with E-state index in [1.54, 1.807) is 24.0 Å². The molecule has 8 heteroatoms. The minimum atomic E-state index is 0.629. The fourth-order valence-corrected chi connectivity index (χ4v) is 2.48. The lowest BCUT2D eigenvalue weighted by atomic mass is 10.5. The molecule has 0 fully saturated rings. The lowest BCUT2D eigenvalue weighted by molar-refractivity contribution is 1.06. The minimum absolute atomic E-state index is 0.629. The van der Waals surface area contributed by atoms with Gasteiger partial charge in [0.15, 0.2) is 0 Å². The third-order valence-electron chi connectivity index (χ3n) is 1.74. The quantitative estimate of drug-likeness (QED) is 0.505. The second-order valence-corrected chi connectivity index (χ2v) is 4.98. The average molecular weight is 274 g/mol. The van der Waals surface area contributed by atoms with Crippen molar-refractivity contribution in [2.45, 2.75) is 10.8 Å². The van der Waals surface area contributed by atoms with E-state index in [0.29, 0.717) is 10.8 Å². The van der Waals surface area contributed by atoms with Gasteiger partial charge in [0.25, 0.3) is 0 Å². The van der Waals surface area contributed by atoms with Crippen LogP contribution >= 0.6 is 34.9 Å². The maximum Gasteiger partial charge on any atom is 0.148 e. The van der Waals surface area contributed by atoms with E-state index in [2.05, 4.69) is 20.0 Å². The number of halogens is 1. The third-order valence-corrected chi connectivity index (χ3v) is 3.62. The number of rotatable bonds is 4. The Hall–Kier alpha value is -0.890. The van der Waals surface area contributed by atoms with Crippen LogP contribution < -0.4 is 11.3 Å². The van der Waals surface area contributed by atoms with E-state index >= 15 is 0 Å². The molecule has 0 amide bonds. The fraction of sp³-hybridized carbons (Fsp3) is 0.125. The van der Waals surface area contributed by atoms with Crippen LogP contribution in [0.5, 0.6) is 0 Å². The van der Waals surface area contributed by atoms with Gasteiger partial charge in [0.2, 0.25) is 0 Å². The molecular weight excluding hydrogens is 266 g/mol. The highest BCUT2D eigenvalue weighted by Crippen LogP contribution is 2.25. The van der Waals surface area contributed by atoms with Crippen molar-refractivity contribution in [2.24, 2.45) is 5.84 Å². The maximum atomic E-state index is 5.74. The topological polar surface area (TPSA) is 76.7 Å². The molecule has 0 aromatic carbocycles. The summed E-state index contributed by atoms with van der Waals surface area (Å²) in [5.74, 6) is 5.99. The Kier molecular flexibility index (Phi) is 3.94. The summed E-state index contributed by atoms with van der Waals surface area (Å²) in [6.45, 7) is 0. The van der Waals surface area contributed by atoms with Gasteiger partial charge < -0.3 is 5.43 Å². The fourth-order valence-electron chi connectivity index (χ4n) is 1.00. The van der Waals surface area contributed by atoms with Gasteiger partial charge in [-0.05, 0) is 12.1 Å². The number of hydrogen-bond acceptors (Lipinski definition) is 7. The number of nitrogen functional groups attached to an aromatic ring is 1. The first-order chi connectivity index (χ1) is 7.79. The molecule has 5 nitrogen and oxygen atoms in total. The van der Waals surface area contributed by atoms with Gasteiger partial charge in [-0.3, -0.25) is 0 Å². The standard InChI is InChI=1S/C8H8ClN5S2/c9-5-1-2-7(11-3-5)15-4-6-8(12-10)16-14-13-6/h1-3,12H,4,10H2. The summed E-state index contributed by atoms with van der Waals surface area (Å²) in [4.78, 5) is 4.17. The predicted molar refractivity (Wildman–Crippen MR) is 66.5 cm³/mol. The number of pyridine rings is 1. The number of hydrazine groups is 1. The van der Waals surface area contributed by atoms with Crippen molar-refractivity contribution in [1.82, 2.24) is 14.6 Å². The van der Waals surface area contributed by atoms with Crippen LogP contribution in [0.15, 0.2) is 23.4 Å².